The van der Waals surface area contributed by atoms with Gasteiger partial charge in [-0.2, -0.15) is 0 Å². The highest BCUT2D eigenvalue weighted by Crippen LogP contribution is 2.41. The molecule has 0 radical (unpaired) electrons. The van der Waals surface area contributed by atoms with E-state index < -0.39 is 12.0 Å². The molecule has 39 heavy (non-hydrogen) atoms. The first kappa shape index (κ1) is 30.3. The molecule has 4 heterocycles. The summed E-state index contributed by atoms with van der Waals surface area (Å²) in [4.78, 5) is 42.3. The number of amides is 2. The third kappa shape index (κ3) is 5.85. The molecule has 4 aliphatic heterocycles. The van der Waals surface area contributed by atoms with Gasteiger partial charge in [-0.25, -0.2) is 4.79 Å². The average Bonchev–Trinajstić information content (AvgIpc) is 2.97. The van der Waals surface area contributed by atoms with E-state index >= 15 is 0 Å². The minimum absolute atomic E-state index is 0.0282. The molecule has 4 unspecified atom stereocenters. The summed E-state index contributed by atoms with van der Waals surface area (Å²) in [6.45, 7) is 13.3. The van der Waals surface area contributed by atoms with E-state index in [-0.39, 0.29) is 34.3 Å². The standard InChI is InChI=1S/C17H18N2O2S.C9H10N2O3S.C2H6/c1-4-13-10-22-17-15(16(20)19(17)11(13)2)18-9-12-5-7-14(21-3)8-6-12;1-2-4-3-15-8-5(10)7(12)11(8)6(4)9(13)14;1-2/h4-9,15,17H,1,10H2,2-3H3;2,5,8H,1,3,10H2,(H,13,14);1-2H3. The van der Waals surface area contributed by atoms with Gasteiger partial charge in [-0.3, -0.25) is 24.4 Å². The van der Waals surface area contributed by atoms with Crippen LogP contribution < -0.4 is 10.5 Å². The number of carbonyl (C=O) groups is 3. The van der Waals surface area contributed by atoms with Gasteiger partial charge in [0.25, 0.3) is 5.91 Å². The third-order valence-corrected chi connectivity index (χ3v) is 9.10. The number of aliphatic imine (C=N–C) groups is 1. The van der Waals surface area contributed by atoms with Gasteiger partial charge in [0.05, 0.1) is 7.11 Å². The number of carboxylic acid groups (broad SMARTS) is 1. The Labute approximate surface area is 237 Å². The second-order valence-corrected chi connectivity index (χ2v) is 10.7. The molecular weight excluding hydrogens is 536 g/mol. The zero-order valence-corrected chi connectivity index (χ0v) is 24.1. The number of thioether (sulfide) groups is 2. The number of aliphatic carboxylic acids is 1. The molecule has 0 aromatic heterocycles. The van der Waals surface area contributed by atoms with Gasteiger partial charge in [0, 0.05) is 23.4 Å². The number of allylic oxidation sites excluding steroid dienone is 3. The average molecular weight is 571 g/mol. The fraction of sp³-hybridized carbons (Fsp3) is 0.357. The molecule has 2 amide bonds. The van der Waals surface area contributed by atoms with Crippen molar-refractivity contribution in [3.63, 3.8) is 0 Å². The largest absolute Gasteiger partial charge is 0.497 e. The van der Waals surface area contributed by atoms with Crippen LogP contribution in [0.4, 0.5) is 0 Å². The van der Waals surface area contributed by atoms with Gasteiger partial charge in [-0.1, -0.05) is 39.2 Å². The molecule has 1 aromatic rings. The van der Waals surface area contributed by atoms with Gasteiger partial charge >= 0.3 is 5.97 Å². The molecular formula is C28H34N4O5S2. The predicted molar refractivity (Wildman–Crippen MR) is 158 cm³/mol. The Morgan fingerprint density at radius 3 is 2.21 bits per heavy atom. The van der Waals surface area contributed by atoms with Gasteiger partial charge in [-0.05, 0) is 47.9 Å². The molecule has 4 aliphatic rings. The Morgan fingerprint density at radius 1 is 1.05 bits per heavy atom. The number of ether oxygens (including phenoxy) is 1. The zero-order chi connectivity index (χ0) is 28.9. The Hall–Kier alpha value is -3.28. The quantitative estimate of drug-likeness (QED) is 0.392. The summed E-state index contributed by atoms with van der Waals surface area (Å²) in [5.74, 6) is 0.868. The normalized spacial score (nSPS) is 25.3. The molecule has 1 aromatic carbocycles. The van der Waals surface area contributed by atoms with Crippen molar-refractivity contribution in [1.82, 2.24) is 9.80 Å². The van der Waals surface area contributed by atoms with E-state index in [1.165, 1.54) is 22.7 Å². The first-order valence-corrected chi connectivity index (χ1v) is 14.6. The molecule has 0 spiro atoms. The first-order chi connectivity index (χ1) is 18.7. The Kier molecular flexibility index (Phi) is 10.2. The van der Waals surface area contributed by atoms with Crippen LogP contribution in [-0.2, 0) is 14.4 Å². The molecule has 9 nitrogen and oxygen atoms in total. The minimum Gasteiger partial charge on any atom is -0.497 e. The lowest BCUT2D eigenvalue weighted by Crippen LogP contribution is -2.68. The van der Waals surface area contributed by atoms with E-state index in [1.54, 1.807) is 25.1 Å². The molecule has 2 saturated heterocycles. The van der Waals surface area contributed by atoms with E-state index in [1.807, 2.05) is 56.0 Å². The van der Waals surface area contributed by atoms with Gasteiger partial charge < -0.3 is 15.6 Å². The number of nitrogens with two attached hydrogens (primary N) is 1. The molecule has 5 rings (SSSR count). The topological polar surface area (TPSA) is 126 Å². The van der Waals surface area contributed by atoms with E-state index in [2.05, 4.69) is 18.2 Å². The van der Waals surface area contributed by atoms with Gasteiger partial charge in [0.2, 0.25) is 5.91 Å². The summed E-state index contributed by atoms with van der Waals surface area (Å²) in [6, 6.07) is 6.77. The number of β-lactam (4-membered cyclic amide) rings is 2. The fourth-order valence-corrected chi connectivity index (χ4v) is 7.05. The number of benzene rings is 1. The van der Waals surface area contributed by atoms with Crippen LogP contribution >= 0.6 is 23.5 Å². The smallest absolute Gasteiger partial charge is 0.352 e. The van der Waals surface area contributed by atoms with Crippen molar-refractivity contribution in [3.05, 3.63) is 77.7 Å². The van der Waals surface area contributed by atoms with Crippen LogP contribution in [-0.4, -0.2) is 80.4 Å². The SMILES string of the molecule is C=CC1=C(C(=O)O)N2C(=O)C(N)C2SC1.C=CC1=C(C)N2C(=O)C(N=Cc3ccc(OC)cc3)C2SC1.CC. The van der Waals surface area contributed by atoms with Gasteiger partial charge in [-0.15, -0.1) is 23.5 Å². The van der Waals surface area contributed by atoms with Crippen molar-refractivity contribution in [2.24, 2.45) is 10.7 Å². The van der Waals surface area contributed by atoms with Gasteiger partial charge in [0.15, 0.2) is 6.04 Å². The maximum absolute atomic E-state index is 12.3. The van der Waals surface area contributed by atoms with Crippen LogP contribution in [0.15, 0.2) is 77.1 Å². The summed E-state index contributed by atoms with van der Waals surface area (Å²) in [6.07, 6.45) is 5.07. The summed E-state index contributed by atoms with van der Waals surface area (Å²) in [5.41, 5.74) is 9.28. The molecule has 3 N–H and O–H groups in total. The summed E-state index contributed by atoms with van der Waals surface area (Å²) in [5, 5.41) is 8.90. The summed E-state index contributed by atoms with van der Waals surface area (Å²) >= 11 is 3.21. The summed E-state index contributed by atoms with van der Waals surface area (Å²) < 4.78 is 5.13. The lowest BCUT2D eigenvalue weighted by atomic mass is 10.0. The molecule has 0 saturated carbocycles. The number of hydrogen-bond acceptors (Lipinski definition) is 8. The number of hydrogen-bond donors (Lipinski definition) is 2. The second-order valence-electron chi connectivity index (χ2n) is 8.54. The molecule has 0 aliphatic carbocycles. The number of carbonyl (C=O) groups excluding carboxylic acids is 2. The van der Waals surface area contributed by atoms with Crippen LogP contribution in [0.3, 0.4) is 0 Å². The lowest BCUT2D eigenvalue weighted by Gasteiger charge is -2.48. The Balaban J connectivity index is 0.000000216. The number of fused-ring (bicyclic) bond motifs is 2. The first-order valence-electron chi connectivity index (χ1n) is 12.5. The van der Waals surface area contributed by atoms with Crippen molar-refractivity contribution >= 4 is 47.5 Å². The van der Waals surface area contributed by atoms with E-state index in [4.69, 9.17) is 15.6 Å². The zero-order valence-electron chi connectivity index (χ0n) is 22.5. The molecule has 4 atom stereocenters. The van der Waals surface area contributed by atoms with Crippen molar-refractivity contribution in [1.29, 1.82) is 0 Å². The third-order valence-electron chi connectivity index (χ3n) is 6.49. The fourth-order valence-electron chi connectivity index (χ4n) is 4.30. The predicted octanol–water partition coefficient (Wildman–Crippen LogP) is 3.64. The van der Waals surface area contributed by atoms with E-state index in [0.29, 0.717) is 11.3 Å². The van der Waals surface area contributed by atoms with Crippen LogP contribution in [0.1, 0.15) is 26.3 Å². The van der Waals surface area contributed by atoms with Crippen LogP contribution in [0.5, 0.6) is 5.75 Å². The monoisotopic (exact) mass is 570 g/mol. The molecule has 208 valence electrons. The van der Waals surface area contributed by atoms with Crippen molar-refractivity contribution in [3.8, 4) is 5.75 Å². The Morgan fingerprint density at radius 2 is 1.64 bits per heavy atom. The van der Waals surface area contributed by atoms with E-state index in [9.17, 15) is 14.4 Å². The maximum Gasteiger partial charge on any atom is 0.352 e. The van der Waals surface area contributed by atoms with Crippen molar-refractivity contribution in [2.45, 2.75) is 43.6 Å². The van der Waals surface area contributed by atoms with Crippen LogP contribution in [0.25, 0.3) is 0 Å². The number of nitrogens with zero attached hydrogens (tertiary/aromatic N) is 3. The number of carboxylic acids is 1. The summed E-state index contributed by atoms with van der Waals surface area (Å²) in [7, 11) is 1.64. The minimum atomic E-state index is -1.10. The lowest BCUT2D eigenvalue weighted by molar-refractivity contribution is -0.147. The maximum atomic E-state index is 12.3. The highest BCUT2D eigenvalue weighted by atomic mass is 32.2. The van der Waals surface area contributed by atoms with E-state index in [0.717, 1.165) is 28.3 Å². The molecule has 0 bridgehead atoms. The van der Waals surface area contributed by atoms with Crippen LogP contribution in [0.2, 0.25) is 0 Å². The molecule has 2 fully saturated rings. The van der Waals surface area contributed by atoms with Crippen molar-refractivity contribution in [2.75, 3.05) is 18.6 Å². The number of rotatable bonds is 6. The Bertz CT molecular complexity index is 1240. The van der Waals surface area contributed by atoms with Crippen molar-refractivity contribution < 1.29 is 24.2 Å². The van der Waals surface area contributed by atoms with Gasteiger partial charge in [0.1, 0.15) is 28.2 Å². The second kappa shape index (κ2) is 13.2. The highest BCUT2D eigenvalue weighted by molar-refractivity contribution is 8.00. The highest BCUT2D eigenvalue weighted by Gasteiger charge is 2.52. The molecule has 11 heteroatoms. The van der Waals surface area contributed by atoms with Crippen LogP contribution in [0, 0.1) is 0 Å². The number of methoxy groups -OCH3 is 1.